The summed E-state index contributed by atoms with van der Waals surface area (Å²) in [6.45, 7) is 0. The van der Waals surface area contributed by atoms with Crippen LogP contribution in [0.4, 0.5) is 0 Å². The number of benzene rings is 1. The Labute approximate surface area is 119 Å². The molecule has 102 valence electrons. The highest BCUT2D eigenvalue weighted by Crippen LogP contribution is 2.23. The fourth-order valence-electron chi connectivity index (χ4n) is 2.15. The van der Waals surface area contributed by atoms with Crippen LogP contribution in [0.3, 0.4) is 0 Å². The normalized spacial score (nSPS) is 11.0. The summed E-state index contributed by atoms with van der Waals surface area (Å²) < 4.78 is 10.3. The van der Waals surface area contributed by atoms with Gasteiger partial charge in [-0.05, 0) is 23.6 Å². The van der Waals surface area contributed by atoms with Crippen LogP contribution in [0, 0.1) is 0 Å². The van der Waals surface area contributed by atoms with Crippen molar-refractivity contribution in [2.24, 2.45) is 0 Å². The standard InChI is InChI=1S/C15H10N4O2/c1-2-12-9-16-5-3-10(12)7-11(1)15-18-14(19-21-15)8-13-4-6-17-20-13/h1-7,9H,8H2. The Morgan fingerprint density at radius 3 is 2.86 bits per heavy atom. The lowest BCUT2D eigenvalue weighted by molar-refractivity contribution is 0.382. The SMILES string of the molecule is c1cc2cc(-c3nc(Cc4ccno4)no3)ccc2cn1. The molecular formula is C15H10N4O2. The molecule has 0 bridgehead atoms. The van der Waals surface area contributed by atoms with Gasteiger partial charge < -0.3 is 9.05 Å². The van der Waals surface area contributed by atoms with Gasteiger partial charge in [-0.2, -0.15) is 4.98 Å². The molecule has 21 heavy (non-hydrogen) atoms. The zero-order chi connectivity index (χ0) is 14.1. The first-order valence-electron chi connectivity index (χ1n) is 6.45. The predicted molar refractivity (Wildman–Crippen MR) is 74.3 cm³/mol. The summed E-state index contributed by atoms with van der Waals surface area (Å²) >= 11 is 0. The number of hydrogen-bond acceptors (Lipinski definition) is 6. The fourth-order valence-corrected chi connectivity index (χ4v) is 2.15. The van der Waals surface area contributed by atoms with Crippen molar-refractivity contribution in [1.82, 2.24) is 20.3 Å². The first kappa shape index (κ1) is 11.8. The maximum absolute atomic E-state index is 5.31. The second-order valence-corrected chi connectivity index (χ2v) is 4.61. The van der Waals surface area contributed by atoms with E-state index in [9.17, 15) is 0 Å². The first-order chi connectivity index (χ1) is 10.4. The second kappa shape index (κ2) is 4.82. The molecular weight excluding hydrogens is 268 g/mol. The van der Waals surface area contributed by atoms with E-state index in [1.54, 1.807) is 18.5 Å². The van der Waals surface area contributed by atoms with Crippen LogP contribution in [0.2, 0.25) is 0 Å². The molecule has 0 unspecified atom stereocenters. The van der Waals surface area contributed by atoms with Crippen molar-refractivity contribution < 1.29 is 9.05 Å². The van der Waals surface area contributed by atoms with Gasteiger partial charge in [0.15, 0.2) is 5.82 Å². The van der Waals surface area contributed by atoms with E-state index in [1.807, 2.05) is 30.5 Å². The Balaban J connectivity index is 1.67. The van der Waals surface area contributed by atoms with Gasteiger partial charge in [-0.25, -0.2) is 0 Å². The van der Waals surface area contributed by atoms with Crippen LogP contribution < -0.4 is 0 Å². The Morgan fingerprint density at radius 1 is 0.952 bits per heavy atom. The zero-order valence-electron chi connectivity index (χ0n) is 10.9. The average molecular weight is 278 g/mol. The Kier molecular flexibility index (Phi) is 2.71. The maximum atomic E-state index is 5.31. The molecule has 0 aliphatic rings. The van der Waals surface area contributed by atoms with Crippen LogP contribution in [0.5, 0.6) is 0 Å². The van der Waals surface area contributed by atoms with E-state index in [2.05, 4.69) is 20.3 Å². The molecule has 6 nitrogen and oxygen atoms in total. The maximum Gasteiger partial charge on any atom is 0.257 e. The molecule has 4 aromatic rings. The van der Waals surface area contributed by atoms with Crippen molar-refractivity contribution in [1.29, 1.82) is 0 Å². The summed E-state index contributed by atoms with van der Waals surface area (Å²) in [4.78, 5) is 8.47. The lowest BCUT2D eigenvalue weighted by Crippen LogP contribution is -1.88. The monoisotopic (exact) mass is 278 g/mol. The summed E-state index contributed by atoms with van der Waals surface area (Å²) in [6, 6.07) is 9.65. The molecule has 3 aromatic heterocycles. The molecule has 0 saturated heterocycles. The number of aromatic nitrogens is 4. The van der Waals surface area contributed by atoms with Crippen molar-refractivity contribution in [3.05, 3.63) is 60.5 Å². The highest BCUT2D eigenvalue weighted by Gasteiger charge is 2.11. The molecule has 1 aromatic carbocycles. The van der Waals surface area contributed by atoms with Gasteiger partial charge in [0.05, 0.1) is 12.6 Å². The molecule has 0 amide bonds. The summed E-state index contributed by atoms with van der Waals surface area (Å²) in [5, 5.41) is 9.76. The molecule has 4 rings (SSSR count). The van der Waals surface area contributed by atoms with Crippen LogP contribution in [0.1, 0.15) is 11.6 Å². The Morgan fingerprint density at radius 2 is 1.95 bits per heavy atom. The number of fused-ring (bicyclic) bond motifs is 1. The summed E-state index contributed by atoms with van der Waals surface area (Å²) in [5.74, 6) is 1.76. The topological polar surface area (TPSA) is 77.8 Å². The lowest BCUT2D eigenvalue weighted by Gasteiger charge is -1.98. The molecule has 0 N–H and O–H groups in total. The number of pyridine rings is 1. The predicted octanol–water partition coefficient (Wildman–Crippen LogP) is 2.86. The summed E-state index contributed by atoms with van der Waals surface area (Å²) in [6.07, 6.45) is 5.63. The Hall–Kier alpha value is -3.02. The van der Waals surface area contributed by atoms with E-state index in [0.29, 0.717) is 23.9 Å². The minimum atomic E-state index is 0.459. The number of rotatable bonds is 3. The quantitative estimate of drug-likeness (QED) is 0.573. The third kappa shape index (κ3) is 2.27. The molecule has 0 saturated carbocycles. The molecule has 0 fully saturated rings. The van der Waals surface area contributed by atoms with Gasteiger partial charge in [-0.1, -0.05) is 16.4 Å². The van der Waals surface area contributed by atoms with Gasteiger partial charge in [-0.3, -0.25) is 4.98 Å². The molecule has 0 atom stereocenters. The van der Waals surface area contributed by atoms with E-state index >= 15 is 0 Å². The number of hydrogen-bond donors (Lipinski definition) is 0. The van der Waals surface area contributed by atoms with Crippen LogP contribution >= 0.6 is 0 Å². The average Bonchev–Trinajstić information content (AvgIpc) is 3.19. The van der Waals surface area contributed by atoms with Crippen LogP contribution in [-0.2, 0) is 6.42 Å². The molecule has 0 aliphatic heterocycles. The van der Waals surface area contributed by atoms with E-state index in [4.69, 9.17) is 9.05 Å². The van der Waals surface area contributed by atoms with Crippen molar-refractivity contribution in [3.63, 3.8) is 0 Å². The van der Waals surface area contributed by atoms with Gasteiger partial charge in [0.2, 0.25) is 0 Å². The van der Waals surface area contributed by atoms with E-state index < -0.39 is 0 Å². The van der Waals surface area contributed by atoms with E-state index in [1.165, 1.54) is 0 Å². The lowest BCUT2D eigenvalue weighted by atomic mass is 10.1. The highest BCUT2D eigenvalue weighted by molar-refractivity contribution is 5.85. The van der Waals surface area contributed by atoms with Gasteiger partial charge in [0.25, 0.3) is 5.89 Å². The number of nitrogens with zero attached hydrogens (tertiary/aromatic N) is 4. The van der Waals surface area contributed by atoms with Crippen LogP contribution in [-0.4, -0.2) is 20.3 Å². The molecule has 0 radical (unpaired) electrons. The minimum Gasteiger partial charge on any atom is -0.361 e. The fraction of sp³-hybridized carbons (Fsp3) is 0.0667. The van der Waals surface area contributed by atoms with Gasteiger partial charge >= 0.3 is 0 Å². The molecule has 6 heteroatoms. The van der Waals surface area contributed by atoms with Crippen LogP contribution in [0.25, 0.3) is 22.2 Å². The Bertz CT molecular complexity index is 883. The molecule has 3 heterocycles. The minimum absolute atomic E-state index is 0.459. The summed E-state index contributed by atoms with van der Waals surface area (Å²) in [5.41, 5.74) is 0.880. The molecule has 0 spiro atoms. The highest BCUT2D eigenvalue weighted by atomic mass is 16.5. The summed E-state index contributed by atoms with van der Waals surface area (Å²) in [7, 11) is 0. The zero-order valence-corrected chi connectivity index (χ0v) is 10.9. The van der Waals surface area contributed by atoms with Gasteiger partial charge in [-0.15, -0.1) is 0 Å². The first-order valence-corrected chi connectivity index (χ1v) is 6.45. The third-order valence-electron chi connectivity index (χ3n) is 3.18. The third-order valence-corrected chi connectivity index (χ3v) is 3.18. The largest absolute Gasteiger partial charge is 0.361 e. The van der Waals surface area contributed by atoms with Crippen molar-refractivity contribution in [2.75, 3.05) is 0 Å². The van der Waals surface area contributed by atoms with E-state index in [0.717, 1.165) is 16.3 Å². The molecule has 0 aliphatic carbocycles. The van der Waals surface area contributed by atoms with Crippen LogP contribution in [0.15, 0.2) is 58.0 Å². The smallest absolute Gasteiger partial charge is 0.257 e. The second-order valence-electron chi connectivity index (χ2n) is 4.61. The van der Waals surface area contributed by atoms with Crippen molar-refractivity contribution in [3.8, 4) is 11.5 Å². The van der Waals surface area contributed by atoms with Gasteiger partial charge in [0.1, 0.15) is 5.76 Å². The van der Waals surface area contributed by atoms with Crippen molar-refractivity contribution >= 4 is 10.8 Å². The van der Waals surface area contributed by atoms with E-state index in [-0.39, 0.29) is 0 Å². The van der Waals surface area contributed by atoms with Crippen molar-refractivity contribution in [2.45, 2.75) is 6.42 Å². The van der Waals surface area contributed by atoms with Gasteiger partial charge in [0, 0.05) is 29.4 Å².